The Bertz CT molecular complexity index is 912. The molecule has 0 heterocycles. The summed E-state index contributed by atoms with van der Waals surface area (Å²) in [4.78, 5) is 0. The van der Waals surface area contributed by atoms with Crippen molar-refractivity contribution >= 4 is 0 Å². The van der Waals surface area contributed by atoms with E-state index < -0.39 is 0 Å². The molecule has 0 aliphatic heterocycles. The predicted octanol–water partition coefficient (Wildman–Crippen LogP) is 4.89. The van der Waals surface area contributed by atoms with Crippen LogP contribution in [0.4, 0.5) is 0 Å². The molecule has 7 rings (SSSR count). The molecule has 0 aromatic heterocycles. The Kier molecular flexibility index (Phi) is 2.94. The Morgan fingerprint density at radius 1 is 0.583 bits per heavy atom. The topological polar surface area (TPSA) is 0 Å². The number of fused-ring (bicyclic) bond motifs is 2. The van der Waals surface area contributed by atoms with Crippen LogP contribution in [0.5, 0.6) is 0 Å². The van der Waals surface area contributed by atoms with Gasteiger partial charge in [0, 0.05) is 32.7 Å². The van der Waals surface area contributed by atoms with Crippen LogP contribution in [0.15, 0.2) is 30.3 Å². The molecule has 24 heavy (non-hydrogen) atoms. The molecule has 1 heteroatoms. The molecule has 0 fully saturated rings. The van der Waals surface area contributed by atoms with Crippen LogP contribution in [-0.2, 0) is 58.4 Å². The van der Waals surface area contributed by atoms with Gasteiger partial charge in [-0.3, -0.25) is 0 Å². The summed E-state index contributed by atoms with van der Waals surface area (Å²) in [6, 6.07) is 14.8. The number of hydrogen-bond donors (Lipinski definition) is 0. The Labute approximate surface area is 168 Å². The van der Waals surface area contributed by atoms with E-state index in [9.17, 15) is 0 Å². The van der Waals surface area contributed by atoms with E-state index in [0.717, 1.165) is 25.7 Å². The molecule has 3 aromatic rings. The second-order valence-corrected chi connectivity index (χ2v) is 7.20. The van der Waals surface area contributed by atoms with Gasteiger partial charge in [-0.05, 0) is 75.8 Å². The van der Waals surface area contributed by atoms with Gasteiger partial charge in [-0.1, -0.05) is 18.2 Å². The fourth-order valence-electron chi connectivity index (χ4n) is 5.58. The fraction of sp³-hybridized carbons (Fsp3) is 0.174. The quantitative estimate of drug-likeness (QED) is 0.328. The average molecular weight is 381 g/mol. The molecule has 3 aromatic carbocycles. The van der Waals surface area contributed by atoms with Crippen molar-refractivity contribution < 1.29 is 32.7 Å². The second-order valence-electron chi connectivity index (χ2n) is 7.20. The van der Waals surface area contributed by atoms with E-state index in [-0.39, 0.29) is 40.1 Å². The molecule has 4 aliphatic rings. The summed E-state index contributed by atoms with van der Waals surface area (Å²) in [5.41, 5.74) is 19.2. The molecule has 113 valence electrons. The molecule has 0 saturated heterocycles. The molecular weight excluding hydrogens is 365 g/mol. The molecule has 4 aliphatic carbocycles. The van der Waals surface area contributed by atoms with Gasteiger partial charge in [-0.25, -0.2) is 0 Å². The maximum atomic E-state index is 3.37. The first-order valence-electron chi connectivity index (χ1n) is 8.23. The van der Waals surface area contributed by atoms with E-state index >= 15 is 0 Å². The third-order valence-corrected chi connectivity index (χ3v) is 6.30. The van der Waals surface area contributed by atoms with Gasteiger partial charge in [0.15, 0.2) is 0 Å². The Balaban J connectivity index is 0.000000653. The van der Waals surface area contributed by atoms with Gasteiger partial charge in [0.25, 0.3) is 0 Å². The predicted molar refractivity (Wildman–Crippen MR) is 93.8 cm³/mol. The number of rotatable bonds is 0. The van der Waals surface area contributed by atoms with Crippen molar-refractivity contribution in [3.05, 3.63) is 88.3 Å². The molecule has 0 amide bonds. The molecule has 0 bridgehead atoms. The van der Waals surface area contributed by atoms with Crippen molar-refractivity contribution in [2.75, 3.05) is 0 Å². The first-order chi connectivity index (χ1) is 10.9. The van der Waals surface area contributed by atoms with Gasteiger partial charge in [-0.2, -0.15) is 18.2 Å². The smallest absolute Gasteiger partial charge is 0 e. The zero-order valence-electron chi connectivity index (χ0n) is 13.8. The maximum Gasteiger partial charge on any atom is 0 e. The van der Waals surface area contributed by atoms with E-state index in [1.54, 1.807) is 55.6 Å². The number of hydrogen-bond acceptors (Lipinski definition) is 0. The summed E-state index contributed by atoms with van der Waals surface area (Å²) in [7, 11) is 0. The van der Waals surface area contributed by atoms with Crippen LogP contribution in [0.1, 0.15) is 44.5 Å². The first-order valence-corrected chi connectivity index (χ1v) is 8.23. The van der Waals surface area contributed by atoms with Crippen molar-refractivity contribution in [1.29, 1.82) is 0 Å². The molecule has 1 radical (unpaired) electrons. The zero-order chi connectivity index (χ0) is 14.0. The van der Waals surface area contributed by atoms with Gasteiger partial charge < -0.3 is 7.43 Å². The summed E-state index contributed by atoms with van der Waals surface area (Å²) in [6.07, 6.45) is 4.57. The van der Waals surface area contributed by atoms with Gasteiger partial charge in [0.1, 0.15) is 0 Å². The van der Waals surface area contributed by atoms with Crippen LogP contribution in [0.3, 0.4) is 0 Å². The SMILES string of the molecule is [CH3-].[Y].[c-]1cc2c3c(c1)Cc1c4c5c(c(c1-3)C2)Cc1cccc(c1-5)C4. The van der Waals surface area contributed by atoms with Crippen LogP contribution in [-0.4, -0.2) is 0 Å². The van der Waals surface area contributed by atoms with E-state index in [1.165, 1.54) is 11.1 Å². The molecular formula is C23H16Y-2. The van der Waals surface area contributed by atoms with Crippen LogP contribution in [0.2, 0.25) is 0 Å². The summed E-state index contributed by atoms with van der Waals surface area (Å²) < 4.78 is 0. The van der Waals surface area contributed by atoms with Gasteiger partial charge in [-0.15, -0.1) is 16.7 Å². The fourth-order valence-corrected chi connectivity index (χ4v) is 5.58. The van der Waals surface area contributed by atoms with Gasteiger partial charge in [0.05, 0.1) is 0 Å². The van der Waals surface area contributed by atoms with Crippen LogP contribution < -0.4 is 0 Å². The summed E-state index contributed by atoms with van der Waals surface area (Å²) >= 11 is 0. The Morgan fingerprint density at radius 3 is 1.50 bits per heavy atom. The van der Waals surface area contributed by atoms with Gasteiger partial charge in [0.2, 0.25) is 0 Å². The van der Waals surface area contributed by atoms with E-state index in [4.69, 9.17) is 0 Å². The summed E-state index contributed by atoms with van der Waals surface area (Å²) in [5.74, 6) is 0. The molecule has 0 nitrogen and oxygen atoms in total. The van der Waals surface area contributed by atoms with Crippen molar-refractivity contribution in [2.45, 2.75) is 25.7 Å². The minimum Gasteiger partial charge on any atom is -0.358 e. The summed E-state index contributed by atoms with van der Waals surface area (Å²) in [5, 5.41) is 0. The minimum absolute atomic E-state index is 0. The van der Waals surface area contributed by atoms with E-state index in [2.05, 4.69) is 36.4 Å². The molecule has 0 spiro atoms. The van der Waals surface area contributed by atoms with Gasteiger partial charge >= 0.3 is 0 Å². The van der Waals surface area contributed by atoms with Crippen molar-refractivity contribution in [1.82, 2.24) is 0 Å². The third kappa shape index (κ3) is 1.45. The zero-order valence-corrected chi connectivity index (χ0v) is 16.6. The molecule has 0 unspecified atom stereocenters. The third-order valence-electron chi connectivity index (χ3n) is 6.30. The first kappa shape index (κ1) is 15.1. The molecule has 0 atom stereocenters. The van der Waals surface area contributed by atoms with Crippen molar-refractivity contribution in [3.63, 3.8) is 0 Å². The number of benzene rings is 3. The largest absolute Gasteiger partial charge is 0.358 e. The van der Waals surface area contributed by atoms with E-state index in [1.807, 2.05) is 0 Å². The Morgan fingerprint density at radius 2 is 1.00 bits per heavy atom. The Hall–Kier alpha value is -1.24. The normalized spacial score (nSPS) is 15.0. The van der Waals surface area contributed by atoms with Crippen LogP contribution >= 0.6 is 0 Å². The van der Waals surface area contributed by atoms with E-state index in [0.29, 0.717) is 0 Å². The van der Waals surface area contributed by atoms with Crippen LogP contribution in [0.25, 0.3) is 22.3 Å². The standard InChI is InChI=1S/C22H13.CH3.Y/c1-3-11-7-15-17-9-13-5-2-6-14-10-18(22(17)20(13)14)16-8-12(4-1)19(11)21(15)16;;/h1,3-6H,7-10H2;1H3;/q2*-1;. The molecule has 0 saturated carbocycles. The van der Waals surface area contributed by atoms with Crippen molar-refractivity contribution in [3.8, 4) is 22.3 Å². The monoisotopic (exact) mass is 381 g/mol. The van der Waals surface area contributed by atoms with Crippen molar-refractivity contribution in [2.24, 2.45) is 0 Å². The second kappa shape index (κ2) is 4.68. The minimum atomic E-state index is 0. The maximum absolute atomic E-state index is 3.37. The summed E-state index contributed by atoms with van der Waals surface area (Å²) in [6.45, 7) is 0. The molecule has 0 N–H and O–H groups in total. The average Bonchev–Trinajstić information content (AvgIpc) is 3.26. The van der Waals surface area contributed by atoms with Crippen LogP contribution in [0, 0.1) is 13.5 Å².